The molecule has 3 heteroatoms. The van der Waals surface area contributed by atoms with Crippen LogP contribution in [0.4, 0.5) is 0 Å². The third-order valence-electron chi connectivity index (χ3n) is 12.9. The van der Waals surface area contributed by atoms with Gasteiger partial charge in [-0.1, -0.05) is 152 Å². The van der Waals surface area contributed by atoms with Crippen LogP contribution in [0.1, 0.15) is 0 Å². The molecule has 0 aliphatic carbocycles. The highest BCUT2D eigenvalue weighted by atomic mass is 16.3. The molecule has 13 rings (SSSR count). The van der Waals surface area contributed by atoms with Crippen molar-refractivity contribution in [1.29, 1.82) is 0 Å². The van der Waals surface area contributed by atoms with Gasteiger partial charge in [0.05, 0.1) is 22.1 Å². The number of hydrogen-bond acceptors (Lipinski definition) is 1. The Morgan fingerprint density at radius 3 is 1.56 bits per heavy atom. The summed E-state index contributed by atoms with van der Waals surface area (Å²) in [4.78, 5) is 0. The van der Waals surface area contributed by atoms with Crippen LogP contribution < -0.4 is 0 Å². The second kappa shape index (κ2) is 14.1. The van der Waals surface area contributed by atoms with Crippen molar-refractivity contribution in [2.45, 2.75) is 0 Å². The van der Waals surface area contributed by atoms with Crippen LogP contribution in [-0.2, 0) is 0 Å². The molecule has 0 N–H and O–H groups in total. The summed E-state index contributed by atoms with van der Waals surface area (Å²) in [7, 11) is 0. The summed E-state index contributed by atoms with van der Waals surface area (Å²) in [5.74, 6) is 0. The number of aromatic nitrogens is 2. The third-order valence-corrected chi connectivity index (χ3v) is 12.9. The maximum atomic E-state index is 6.21. The molecular weight excluding hydrogens is 765 g/mol. The Morgan fingerprint density at radius 1 is 0.254 bits per heavy atom. The lowest BCUT2D eigenvalue weighted by Crippen LogP contribution is -1.94. The first-order chi connectivity index (χ1) is 31.2. The smallest absolute Gasteiger partial charge is 0.135 e. The lowest BCUT2D eigenvalue weighted by molar-refractivity contribution is 0.669. The molecule has 0 saturated carbocycles. The summed E-state index contributed by atoms with van der Waals surface area (Å²) in [6, 6.07) is 83.6. The molecule has 0 fully saturated rings. The molecule has 0 aliphatic rings. The van der Waals surface area contributed by atoms with Crippen molar-refractivity contribution in [3.8, 4) is 55.9 Å². The van der Waals surface area contributed by atoms with Gasteiger partial charge in [-0.05, 0) is 123 Å². The van der Waals surface area contributed by atoms with Crippen molar-refractivity contribution in [3.05, 3.63) is 231 Å². The molecule has 0 saturated heterocycles. The largest absolute Gasteiger partial charge is 0.456 e. The molecular formula is C60H38N2O. The highest BCUT2D eigenvalue weighted by molar-refractivity contribution is 6.17. The van der Waals surface area contributed by atoms with E-state index in [-0.39, 0.29) is 0 Å². The quantitative estimate of drug-likeness (QED) is 0.164. The summed E-state index contributed by atoms with van der Waals surface area (Å²) in [5, 5.41) is 7.16. The van der Waals surface area contributed by atoms with E-state index in [0.717, 1.165) is 33.3 Å². The van der Waals surface area contributed by atoms with Gasteiger partial charge >= 0.3 is 0 Å². The Kier molecular flexibility index (Phi) is 7.91. The van der Waals surface area contributed by atoms with E-state index in [1.165, 1.54) is 88.1 Å². The first-order valence-electron chi connectivity index (χ1n) is 21.6. The monoisotopic (exact) mass is 802 g/mol. The van der Waals surface area contributed by atoms with Crippen LogP contribution in [0.5, 0.6) is 0 Å². The predicted molar refractivity (Wildman–Crippen MR) is 264 cm³/mol. The van der Waals surface area contributed by atoms with Crippen LogP contribution in [0.2, 0.25) is 0 Å². The molecule has 0 spiro atoms. The first kappa shape index (κ1) is 35.4. The molecule has 3 nitrogen and oxygen atoms in total. The minimum absolute atomic E-state index is 0.899. The highest BCUT2D eigenvalue weighted by Crippen LogP contribution is 2.43. The van der Waals surface area contributed by atoms with Gasteiger partial charge in [0.2, 0.25) is 0 Å². The van der Waals surface area contributed by atoms with Crippen LogP contribution in [0.25, 0.3) is 121 Å². The number of fused-ring (bicyclic) bond motifs is 9. The Labute approximate surface area is 363 Å². The molecule has 63 heavy (non-hydrogen) atoms. The summed E-state index contributed by atoms with van der Waals surface area (Å²) in [5.41, 5.74) is 18.4. The van der Waals surface area contributed by atoms with Gasteiger partial charge in [-0.3, -0.25) is 0 Å². The first-order valence-corrected chi connectivity index (χ1v) is 21.6. The van der Waals surface area contributed by atoms with Crippen LogP contribution in [0.3, 0.4) is 0 Å². The van der Waals surface area contributed by atoms with Gasteiger partial charge in [-0.25, -0.2) is 0 Å². The van der Waals surface area contributed by atoms with Crippen LogP contribution >= 0.6 is 0 Å². The maximum Gasteiger partial charge on any atom is 0.135 e. The standard InChI is InChI=1S/C60H38N2O/c1-3-13-39(14-4-1)41-25-29-46(30-26-41)61-56-33-28-44(37-53(56)60-48(21-12-23-57(60)61)45-18-11-17-42(35-45)40-15-5-2-6-16-40)43-27-32-55-51(36-43)49-19-7-9-22-54(49)62(55)47-31-34-59-52(38-47)50-20-8-10-24-58(50)63-59/h1-38H. The number of furan rings is 1. The summed E-state index contributed by atoms with van der Waals surface area (Å²) < 4.78 is 11.0. The molecule has 3 heterocycles. The van der Waals surface area contributed by atoms with E-state index in [2.05, 4.69) is 228 Å². The van der Waals surface area contributed by atoms with E-state index in [1.807, 2.05) is 12.1 Å². The third kappa shape index (κ3) is 5.67. The summed E-state index contributed by atoms with van der Waals surface area (Å²) >= 11 is 0. The maximum absolute atomic E-state index is 6.21. The summed E-state index contributed by atoms with van der Waals surface area (Å²) in [6.45, 7) is 0. The lowest BCUT2D eigenvalue weighted by atomic mass is 9.95. The predicted octanol–water partition coefficient (Wildman–Crippen LogP) is 16.4. The lowest BCUT2D eigenvalue weighted by Gasteiger charge is -2.11. The molecule has 0 radical (unpaired) electrons. The van der Waals surface area contributed by atoms with Crippen molar-refractivity contribution in [3.63, 3.8) is 0 Å². The average molecular weight is 803 g/mol. The minimum Gasteiger partial charge on any atom is -0.456 e. The molecule has 13 aromatic rings. The number of nitrogens with zero attached hydrogens (tertiary/aromatic N) is 2. The van der Waals surface area contributed by atoms with Crippen molar-refractivity contribution in [2.24, 2.45) is 0 Å². The van der Waals surface area contributed by atoms with E-state index in [0.29, 0.717) is 0 Å². The summed E-state index contributed by atoms with van der Waals surface area (Å²) in [6.07, 6.45) is 0. The zero-order chi connectivity index (χ0) is 41.4. The SMILES string of the molecule is c1ccc(-c2ccc(-n3c4ccc(-c5ccc6c(c5)c5ccccc5n6-c5ccc6oc7ccccc7c6c5)cc4c4c(-c5cccc(-c6ccccc6)c5)cccc43)cc2)cc1. The molecule has 294 valence electrons. The van der Waals surface area contributed by atoms with Crippen molar-refractivity contribution in [2.75, 3.05) is 0 Å². The van der Waals surface area contributed by atoms with Crippen LogP contribution in [0.15, 0.2) is 235 Å². The molecule has 0 atom stereocenters. The Bertz CT molecular complexity index is 3890. The minimum atomic E-state index is 0.899. The fourth-order valence-electron chi connectivity index (χ4n) is 9.98. The van der Waals surface area contributed by atoms with E-state index in [9.17, 15) is 0 Å². The van der Waals surface area contributed by atoms with Crippen molar-refractivity contribution < 1.29 is 4.42 Å². The van der Waals surface area contributed by atoms with Gasteiger partial charge in [-0.15, -0.1) is 0 Å². The number of para-hydroxylation sites is 2. The van der Waals surface area contributed by atoms with Gasteiger partial charge in [-0.2, -0.15) is 0 Å². The fraction of sp³-hybridized carbons (Fsp3) is 0. The normalized spacial score (nSPS) is 11.8. The zero-order valence-corrected chi connectivity index (χ0v) is 34.2. The van der Waals surface area contributed by atoms with Gasteiger partial charge in [0.15, 0.2) is 0 Å². The highest BCUT2D eigenvalue weighted by Gasteiger charge is 2.20. The molecule has 3 aromatic heterocycles. The van der Waals surface area contributed by atoms with E-state index < -0.39 is 0 Å². The van der Waals surface area contributed by atoms with E-state index >= 15 is 0 Å². The molecule has 0 aliphatic heterocycles. The number of rotatable bonds is 6. The topological polar surface area (TPSA) is 23.0 Å². The Balaban J connectivity index is 1.00. The van der Waals surface area contributed by atoms with Crippen molar-refractivity contribution >= 4 is 65.6 Å². The Hall–Kier alpha value is -8.40. The number of hydrogen-bond donors (Lipinski definition) is 0. The molecule has 0 amide bonds. The second-order valence-electron chi connectivity index (χ2n) is 16.5. The van der Waals surface area contributed by atoms with E-state index in [1.54, 1.807) is 0 Å². The van der Waals surface area contributed by atoms with Gasteiger partial charge in [0.1, 0.15) is 11.2 Å². The second-order valence-corrected chi connectivity index (χ2v) is 16.5. The van der Waals surface area contributed by atoms with E-state index in [4.69, 9.17) is 4.42 Å². The fourth-order valence-corrected chi connectivity index (χ4v) is 9.98. The number of benzene rings is 10. The molecule has 10 aromatic carbocycles. The average Bonchev–Trinajstić information content (AvgIpc) is 4.01. The van der Waals surface area contributed by atoms with Gasteiger partial charge < -0.3 is 13.6 Å². The Morgan fingerprint density at radius 2 is 0.762 bits per heavy atom. The van der Waals surface area contributed by atoms with Gasteiger partial charge in [0.25, 0.3) is 0 Å². The van der Waals surface area contributed by atoms with Crippen LogP contribution in [-0.4, -0.2) is 9.13 Å². The van der Waals surface area contributed by atoms with Crippen molar-refractivity contribution in [1.82, 2.24) is 9.13 Å². The van der Waals surface area contributed by atoms with Crippen LogP contribution in [0, 0.1) is 0 Å². The van der Waals surface area contributed by atoms with Gasteiger partial charge in [0, 0.05) is 43.7 Å². The molecule has 0 unspecified atom stereocenters. The zero-order valence-electron chi connectivity index (χ0n) is 34.2. The molecule has 0 bridgehead atoms.